The maximum Gasteiger partial charge on any atom is 0.159 e. The summed E-state index contributed by atoms with van der Waals surface area (Å²) in [4.78, 5) is 12.3. The Bertz CT molecular complexity index is 559. The Labute approximate surface area is 118 Å². The molecule has 0 spiro atoms. The van der Waals surface area contributed by atoms with Crippen LogP contribution in [0.1, 0.15) is 38.2 Å². The lowest BCUT2D eigenvalue weighted by Crippen LogP contribution is -2.23. The van der Waals surface area contributed by atoms with Crippen LogP contribution in [0.4, 0.5) is 4.39 Å². The molecular weight excluding hydrogens is 255 g/mol. The van der Waals surface area contributed by atoms with Crippen LogP contribution in [0.3, 0.4) is 0 Å². The minimum atomic E-state index is -0.400. The molecule has 2 unspecified atom stereocenters. The Morgan fingerprint density at radius 2 is 2.00 bits per heavy atom. The van der Waals surface area contributed by atoms with Crippen LogP contribution < -0.4 is 0 Å². The largest absolute Gasteiger partial charge is 0.392 e. The summed E-state index contributed by atoms with van der Waals surface area (Å²) in [7, 11) is 0. The second-order valence-electron chi connectivity index (χ2n) is 5.89. The number of fused-ring (bicyclic) bond motifs is 2. The van der Waals surface area contributed by atoms with Gasteiger partial charge in [0.05, 0.1) is 6.10 Å². The van der Waals surface area contributed by atoms with Crippen LogP contribution in [0.25, 0.3) is 5.57 Å². The minimum absolute atomic E-state index is 0.0266. The van der Waals surface area contributed by atoms with Gasteiger partial charge in [0.1, 0.15) is 5.82 Å². The van der Waals surface area contributed by atoms with E-state index < -0.39 is 6.10 Å². The highest BCUT2D eigenvalue weighted by atomic mass is 19.1. The number of Topliss-reactive ketones (excluding diaryl/α,β-unsaturated/α-hetero) is 1. The van der Waals surface area contributed by atoms with Crippen molar-refractivity contribution in [3.05, 3.63) is 41.2 Å². The van der Waals surface area contributed by atoms with Gasteiger partial charge in [-0.2, -0.15) is 0 Å². The van der Waals surface area contributed by atoms with Gasteiger partial charge in [0, 0.05) is 17.9 Å². The van der Waals surface area contributed by atoms with Gasteiger partial charge in [-0.05, 0) is 48.4 Å². The number of hydrogen-bond acceptors (Lipinski definition) is 2. The number of allylic oxidation sites excluding steroid dienone is 1. The Kier molecular flexibility index (Phi) is 3.47. The lowest BCUT2D eigenvalue weighted by Gasteiger charge is -2.26. The number of hydrogen-bond donors (Lipinski definition) is 1. The van der Waals surface area contributed by atoms with Crippen molar-refractivity contribution in [2.24, 2.45) is 11.8 Å². The van der Waals surface area contributed by atoms with Crippen molar-refractivity contribution in [3.8, 4) is 0 Å². The fourth-order valence-corrected chi connectivity index (χ4v) is 3.71. The summed E-state index contributed by atoms with van der Waals surface area (Å²) >= 11 is 0. The van der Waals surface area contributed by atoms with Gasteiger partial charge in [0.25, 0.3) is 0 Å². The molecule has 1 saturated carbocycles. The summed E-state index contributed by atoms with van der Waals surface area (Å²) < 4.78 is 13.1. The van der Waals surface area contributed by atoms with Crippen LogP contribution in [0.2, 0.25) is 0 Å². The molecule has 0 aliphatic heterocycles. The number of aliphatic hydroxyl groups excluding tert-OH is 1. The molecule has 3 heteroatoms. The second kappa shape index (κ2) is 5.13. The Hall–Kier alpha value is -1.48. The van der Waals surface area contributed by atoms with Gasteiger partial charge in [-0.1, -0.05) is 19.1 Å². The van der Waals surface area contributed by atoms with Crippen molar-refractivity contribution in [2.45, 2.75) is 38.7 Å². The van der Waals surface area contributed by atoms with Crippen molar-refractivity contribution >= 4 is 11.4 Å². The Balaban J connectivity index is 2.09. The molecule has 1 N–H and O–H groups in total. The molecule has 1 fully saturated rings. The van der Waals surface area contributed by atoms with Crippen molar-refractivity contribution < 1.29 is 14.3 Å². The van der Waals surface area contributed by atoms with Gasteiger partial charge in [-0.3, -0.25) is 4.79 Å². The number of carbonyl (C=O) groups is 1. The van der Waals surface area contributed by atoms with Crippen molar-refractivity contribution in [3.63, 3.8) is 0 Å². The number of rotatable bonds is 3. The summed E-state index contributed by atoms with van der Waals surface area (Å²) in [5.74, 6) is 0.273. The highest BCUT2D eigenvalue weighted by molar-refractivity contribution is 6.03. The molecule has 0 heterocycles. The monoisotopic (exact) mass is 274 g/mol. The number of carbonyl (C=O) groups excluding carboxylic acids is 1. The third-order valence-corrected chi connectivity index (χ3v) is 4.63. The lowest BCUT2D eigenvalue weighted by molar-refractivity contribution is -0.116. The predicted octanol–water partition coefficient (Wildman–Crippen LogP) is 3.35. The van der Waals surface area contributed by atoms with Gasteiger partial charge in [-0.25, -0.2) is 4.39 Å². The molecule has 1 aromatic carbocycles. The van der Waals surface area contributed by atoms with Gasteiger partial charge < -0.3 is 5.11 Å². The van der Waals surface area contributed by atoms with E-state index in [-0.39, 0.29) is 17.5 Å². The quantitative estimate of drug-likeness (QED) is 0.917. The first kappa shape index (κ1) is 13.5. The molecule has 0 aromatic heterocycles. The van der Waals surface area contributed by atoms with Crippen LogP contribution in [0, 0.1) is 17.7 Å². The van der Waals surface area contributed by atoms with Crippen molar-refractivity contribution in [2.75, 3.05) is 0 Å². The minimum Gasteiger partial charge on any atom is -0.392 e. The van der Waals surface area contributed by atoms with Gasteiger partial charge in [-0.15, -0.1) is 0 Å². The third kappa shape index (κ3) is 2.20. The van der Waals surface area contributed by atoms with Crippen LogP contribution in [0.15, 0.2) is 29.8 Å². The van der Waals surface area contributed by atoms with Gasteiger partial charge in [0.15, 0.2) is 5.78 Å². The van der Waals surface area contributed by atoms with E-state index in [9.17, 15) is 14.3 Å². The first-order chi connectivity index (χ1) is 9.60. The molecule has 2 nitrogen and oxygen atoms in total. The van der Waals surface area contributed by atoms with Crippen LogP contribution in [-0.2, 0) is 4.79 Å². The van der Waals surface area contributed by atoms with E-state index >= 15 is 0 Å². The van der Waals surface area contributed by atoms with Crippen molar-refractivity contribution in [1.82, 2.24) is 0 Å². The summed E-state index contributed by atoms with van der Waals surface area (Å²) in [6.45, 7) is 1.85. The maximum atomic E-state index is 13.1. The molecule has 3 rings (SSSR count). The average molecular weight is 274 g/mol. The van der Waals surface area contributed by atoms with E-state index in [1.54, 1.807) is 12.1 Å². The first-order valence-electron chi connectivity index (χ1n) is 7.30. The topological polar surface area (TPSA) is 37.3 Å². The highest BCUT2D eigenvalue weighted by Gasteiger charge is 2.42. The predicted molar refractivity (Wildman–Crippen MR) is 75.5 cm³/mol. The molecule has 20 heavy (non-hydrogen) atoms. The van der Waals surface area contributed by atoms with Crippen LogP contribution >= 0.6 is 0 Å². The molecular formula is C17H19FO2. The van der Waals surface area contributed by atoms with E-state index in [4.69, 9.17) is 0 Å². The fourth-order valence-electron chi connectivity index (χ4n) is 3.71. The molecule has 2 aliphatic rings. The smallest absolute Gasteiger partial charge is 0.159 e. The normalized spacial score (nSPS) is 28.9. The molecule has 0 saturated heterocycles. The second-order valence-corrected chi connectivity index (χ2v) is 5.89. The number of halogens is 1. The molecule has 0 radical (unpaired) electrons. The summed E-state index contributed by atoms with van der Waals surface area (Å²) in [5.41, 5.74) is 2.74. The SMILES string of the molecule is CCC(=O)C1=C(c2ccc(F)cc2)CC2CC(O)[C@H]1C2. The fraction of sp³-hybridized carbons (Fsp3) is 0.471. The van der Waals surface area contributed by atoms with Crippen molar-refractivity contribution in [1.29, 1.82) is 0 Å². The molecule has 3 atom stereocenters. The summed E-state index contributed by atoms with van der Waals surface area (Å²) in [5, 5.41) is 10.2. The first-order valence-corrected chi connectivity index (χ1v) is 7.30. The number of aliphatic hydroxyl groups is 1. The van der Waals surface area contributed by atoms with Gasteiger partial charge in [0.2, 0.25) is 0 Å². The number of ketones is 1. The van der Waals surface area contributed by atoms with E-state index in [1.165, 1.54) is 12.1 Å². The van der Waals surface area contributed by atoms with Crippen LogP contribution in [-0.4, -0.2) is 17.0 Å². The maximum absolute atomic E-state index is 13.1. The number of benzene rings is 1. The Morgan fingerprint density at radius 1 is 1.30 bits per heavy atom. The standard InChI is InChI=1S/C17H19FO2/c1-2-15(19)17-13(11-3-5-12(18)6-4-11)7-10-8-14(17)16(20)9-10/h3-6,10,14,16,20H,2,7-9H2,1H3/t10?,14-,16?/m1/s1. The molecule has 2 bridgehead atoms. The zero-order valence-electron chi connectivity index (χ0n) is 11.6. The molecule has 106 valence electrons. The third-order valence-electron chi connectivity index (χ3n) is 4.63. The zero-order chi connectivity index (χ0) is 14.3. The van der Waals surface area contributed by atoms with E-state index in [0.717, 1.165) is 36.0 Å². The van der Waals surface area contributed by atoms with E-state index in [2.05, 4.69) is 0 Å². The van der Waals surface area contributed by atoms with Crippen LogP contribution in [0.5, 0.6) is 0 Å². The van der Waals surface area contributed by atoms with E-state index in [1.807, 2.05) is 6.92 Å². The van der Waals surface area contributed by atoms with Gasteiger partial charge >= 0.3 is 0 Å². The molecule has 0 amide bonds. The van der Waals surface area contributed by atoms with E-state index in [0.29, 0.717) is 12.3 Å². The Morgan fingerprint density at radius 3 is 2.65 bits per heavy atom. The average Bonchev–Trinajstić information content (AvgIpc) is 2.74. The zero-order valence-corrected chi connectivity index (χ0v) is 11.6. The summed E-state index contributed by atoms with van der Waals surface area (Å²) in [6, 6.07) is 6.35. The summed E-state index contributed by atoms with van der Waals surface area (Å²) in [6.07, 6.45) is 2.56. The molecule has 1 aromatic rings. The highest BCUT2D eigenvalue weighted by Crippen LogP contribution is 2.48. The molecule has 2 aliphatic carbocycles. The lowest BCUT2D eigenvalue weighted by atomic mass is 9.77.